The van der Waals surface area contributed by atoms with Crippen molar-refractivity contribution in [2.75, 3.05) is 13.7 Å². The number of amides is 1. The first-order valence-electron chi connectivity index (χ1n) is 10.3. The molecule has 3 aromatic carbocycles. The molecule has 1 saturated carbocycles. The highest BCUT2D eigenvalue weighted by Gasteiger charge is 2.33. The van der Waals surface area contributed by atoms with E-state index >= 15 is 0 Å². The van der Waals surface area contributed by atoms with Crippen LogP contribution in [0.15, 0.2) is 72.8 Å². The number of nitriles is 1. The van der Waals surface area contributed by atoms with Crippen LogP contribution in [0.4, 0.5) is 0 Å². The van der Waals surface area contributed by atoms with E-state index < -0.39 is 0 Å². The van der Waals surface area contributed by atoms with Gasteiger partial charge in [-0.25, -0.2) is 0 Å². The third-order valence-electron chi connectivity index (χ3n) is 5.46. The molecule has 0 radical (unpaired) electrons. The average Bonchev–Trinajstić information content (AvgIpc) is 3.67. The van der Waals surface area contributed by atoms with Crippen LogP contribution in [0.2, 0.25) is 0 Å². The van der Waals surface area contributed by atoms with Crippen molar-refractivity contribution in [3.8, 4) is 28.7 Å². The first-order valence-corrected chi connectivity index (χ1v) is 10.3. The van der Waals surface area contributed by atoms with E-state index in [1.807, 2.05) is 60.7 Å². The van der Waals surface area contributed by atoms with Crippen molar-refractivity contribution in [3.63, 3.8) is 0 Å². The summed E-state index contributed by atoms with van der Waals surface area (Å²) >= 11 is 0. The van der Waals surface area contributed by atoms with Crippen molar-refractivity contribution >= 4 is 5.91 Å². The summed E-state index contributed by atoms with van der Waals surface area (Å²) in [5, 5.41) is 12.0. The molecule has 1 aliphatic carbocycles. The summed E-state index contributed by atoms with van der Waals surface area (Å²) in [7, 11) is 1.64. The van der Waals surface area contributed by atoms with Crippen LogP contribution in [0.25, 0.3) is 11.1 Å². The lowest BCUT2D eigenvalue weighted by atomic mass is 10.0. The fourth-order valence-electron chi connectivity index (χ4n) is 3.56. The number of nitrogens with zero attached hydrogens (tertiary/aromatic N) is 1. The second-order valence-electron chi connectivity index (χ2n) is 7.66. The minimum atomic E-state index is -0.135. The van der Waals surface area contributed by atoms with Crippen molar-refractivity contribution in [1.82, 2.24) is 5.32 Å². The van der Waals surface area contributed by atoms with Crippen molar-refractivity contribution < 1.29 is 14.3 Å². The molecule has 1 fully saturated rings. The molecule has 1 N–H and O–H groups in total. The van der Waals surface area contributed by atoms with Gasteiger partial charge in [0.2, 0.25) is 0 Å². The van der Waals surface area contributed by atoms with Gasteiger partial charge in [0.05, 0.1) is 24.8 Å². The van der Waals surface area contributed by atoms with Gasteiger partial charge in [0.1, 0.15) is 11.5 Å². The number of hydrogen-bond acceptors (Lipinski definition) is 4. The van der Waals surface area contributed by atoms with Crippen LogP contribution < -0.4 is 14.8 Å². The molecule has 5 nitrogen and oxygen atoms in total. The Morgan fingerprint density at radius 1 is 0.968 bits per heavy atom. The van der Waals surface area contributed by atoms with E-state index in [-0.39, 0.29) is 18.6 Å². The van der Waals surface area contributed by atoms with Gasteiger partial charge in [-0.15, -0.1) is 0 Å². The molecule has 1 atom stereocenters. The molecule has 0 aliphatic heterocycles. The highest BCUT2D eigenvalue weighted by molar-refractivity contribution is 5.78. The number of rotatable bonds is 8. The number of ether oxygens (including phenoxy) is 2. The smallest absolute Gasteiger partial charge is 0.258 e. The molecule has 1 aliphatic rings. The number of methoxy groups -OCH3 is 1. The van der Waals surface area contributed by atoms with Crippen LogP contribution in [0.3, 0.4) is 0 Å². The van der Waals surface area contributed by atoms with Crippen molar-refractivity contribution in [1.29, 1.82) is 5.26 Å². The van der Waals surface area contributed by atoms with E-state index in [1.165, 1.54) is 0 Å². The zero-order valence-electron chi connectivity index (χ0n) is 17.4. The van der Waals surface area contributed by atoms with E-state index in [2.05, 4.69) is 11.4 Å². The fourth-order valence-corrected chi connectivity index (χ4v) is 3.56. The largest absolute Gasteiger partial charge is 0.497 e. The van der Waals surface area contributed by atoms with Crippen LogP contribution >= 0.6 is 0 Å². The Balaban J connectivity index is 1.33. The van der Waals surface area contributed by atoms with Crippen LogP contribution in [0, 0.1) is 17.2 Å². The molecular formula is C26H24N2O3. The number of benzene rings is 3. The van der Waals surface area contributed by atoms with Gasteiger partial charge in [-0.05, 0) is 71.8 Å². The van der Waals surface area contributed by atoms with Crippen LogP contribution in [-0.2, 0) is 4.79 Å². The summed E-state index contributed by atoms with van der Waals surface area (Å²) in [4.78, 5) is 12.5. The third kappa shape index (κ3) is 5.23. The van der Waals surface area contributed by atoms with E-state index in [0.29, 0.717) is 17.2 Å². The third-order valence-corrected chi connectivity index (χ3v) is 5.46. The maximum atomic E-state index is 12.5. The Hall–Kier alpha value is -3.78. The standard InChI is InChI=1S/C26H24N2O3/c1-30-23-12-10-22(11-13-23)26(21-6-7-21)28-25(29)17-31-24-14-8-20(9-15-24)19-4-2-18(16-27)3-5-19/h2-5,8-15,21,26H,6-7,17H2,1H3,(H,28,29). The molecule has 1 amide bonds. The topological polar surface area (TPSA) is 71.3 Å². The summed E-state index contributed by atoms with van der Waals surface area (Å²) in [6.07, 6.45) is 2.24. The van der Waals surface area contributed by atoms with Gasteiger partial charge in [0.15, 0.2) is 6.61 Å². The molecule has 1 unspecified atom stereocenters. The second kappa shape index (κ2) is 9.36. The molecule has 3 aromatic rings. The van der Waals surface area contributed by atoms with Gasteiger partial charge >= 0.3 is 0 Å². The molecule has 0 aromatic heterocycles. The van der Waals surface area contributed by atoms with E-state index in [0.717, 1.165) is 35.3 Å². The molecule has 0 saturated heterocycles. The number of nitrogens with one attached hydrogen (secondary N) is 1. The monoisotopic (exact) mass is 412 g/mol. The molecule has 0 spiro atoms. The lowest BCUT2D eigenvalue weighted by molar-refractivity contribution is -0.124. The fraction of sp³-hybridized carbons (Fsp3) is 0.231. The number of carbonyl (C=O) groups is 1. The zero-order valence-corrected chi connectivity index (χ0v) is 17.4. The van der Waals surface area contributed by atoms with Crippen LogP contribution in [0.5, 0.6) is 11.5 Å². The van der Waals surface area contributed by atoms with Gasteiger partial charge in [-0.3, -0.25) is 4.79 Å². The number of hydrogen-bond donors (Lipinski definition) is 1. The molecule has 31 heavy (non-hydrogen) atoms. The van der Waals surface area contributed by atoms with E-state index in [4.69, 9.17) is 14.7 Å². The van der Waals surface area contributed by atoms with Crippen molar-refractivity contribution in [2.45, 2.75) is 18.9 Å². The highest BCUT2D eigenvalue weighted by Crippen LogP contribution is 2.41. The molecule has 0 bridgehead atoms. The van der Waals surface area contributed by atoms with Crippen molar-refractivity contribution in [3.05, 3.63) is 83.9 Å². The summed E-state index contributed by atoms with van der Waals surface area (Å²) in [5.41, 5.74) is 3.77. The Labute approximate surface area is 182 Å². The normalized spacial score (nSPS) is 13.7. The predicted molar refractivity (Wildman–Crippen MR) is 119 cm³/mol. The van der Waals surface area contributed by atoms with E-state index in [9.17, 15) is 4.79 Å². The number of carbonyl (C=O) groups excluding carboxylic acids is 1. The molecule has 156 valence electrons. The van der Waals surface area contributed by atoms with Crippen molar-refractivity contribution in [2.24, 2.45) is 5.92 Å². The van der Waals surface area contributed by atoms with Gasteiger partial charge in [0.25, 0.3) is 5.91 Å². The SMILES string of the molecule is COc1ccc(C(NC(=O)COc2ccc(-c3ccc(C#N)cc3)cc2)C2CC2)cc1. The quantitative estimate of drug-likeness (QED) is 0.572. The Morgan fingerprint density at radius 3 is 2.10 bits per heavy atom. The molecule has 4 rings (SSSR count). The average molecular weight is 412 g/mol. The second-order valence-corrected chi connectivity index (χ2v) is 7.66. The lowest BCUT2D eigenvalue weighted by Crippen LogP contribution is -2.33. The zero-order chi connectivity index (χ0) is 21.6. The Kier molecular flexibility index (Phi) is 6.18. The Morgan fingerprint density at radius 2 is 1.55 bits per heavy atom. The highest BCUT2D eigenvalue weighted by atomic mass is 16.5. The van der Waals surface area contributed by atoms with Gasteiger partial charge in [0, 0.05) is 0 Å². The van der Waals surface area contributed by atoms with Gasteiger partial charge in [-0.2, -0.15) is 5.26 Å². The molecule has 5 heteroatoms. The first-order chi connectivity index (χ1) is 15.2. The predicted octanol–water partition coefficient (Wildman–Crippen LogP) is 4.88. The molecular weight excluding hydrogens is 388 g/mol. The maximum Gasteiger partial charge on any atom is 0.258 e. The molecule has 0 heterocycles. The minimum Gasteiger partial charge on any atom is -0.497 e. The van der Waals surface area contributed by atoms with Gasteiger partial charge < -0.3 is 14.8 Å². The summed E-state index contributed by atoms with van der Waals surface area (Å²) in [5.74, 6) is 1.78. The van der Waals surface area contributed by atoms with Crippen LogP contribution in [-0.4, -0.2) is 19.6 Å². The Bertz CT molecular complexity index is 1060. The summed E-state index contributed by atoms with van der Waals surface area (Å²) in [6, 6.07) is 25.0. The summed E-state index contributed by atoms with van der Waals surface area (Å²) in [6.45, 7) is -0.0322. The van der Waals surface area contributed by atoms with Crippen LogP contribution in [0.1, 0.15) is 30.0 Å². The maximum absolute atomic E-state index is 12.5. The minimum absolute atomic E-state index is 0.000708. The van der Waals surface area contributed by atoms with E-state index in [1.54, 1.807) is 19.2 Å². The lowest BCUT2D eigenvalue weighted by Gasteiger charge is -2.19. The van der Waals surface area contributed by atoms with Gasteiger partial charge in [-0.1, -0.05) is 36.4 Å². The summed E-state index contributed by atoms with van der Waals surface area (Å²) < 4.78 is 10.9. The first kappa shape index (κ1) is 20.5.